The lowest BCUT2D eigenvalue weighted by atomic mass is 9.43. The second-order valence-corrected chi connectivity index (χ2v) is 16.4. The van der Waals surface area contributed by atoms with E-state index in [1.165, 1.54) is 20.8 Å². The van der Waals surface area contributed by atoms with Crippen LogP contribution in [0.4, 0.5) is 0 Å². The van der Waals surface area contributed by atoms with Crippen LogP contribution in [-0.2, 0) is 43.0 Å². The standard InChI is InChI=1S/C39H54O9/c1-21(19-46-32(44)13-10-22(2)40)23(3)34(45)35(48-27(7)42)25(5)33-30(47-26(6)41)18-37(9)31-12-11-28-24(4)29(43)14-15-38(28)20-39(31,38)17-16-36(33,37)8/h14-15,21,24-25,28,30-31,33,35H,3,10-13,16-20H2,1-2,4-9H3/t21-,24-,25-,28-,30-,31-,33-,35+,36+,37-,38+,39-/m0/s1. The zero-order valence-electron chi connectivity index (χ0n) is 30.0. The van der Waals surface area contributed by atoms with Crippen molar-refractivity contribution < 1.29 is 43.0 Å². The highest BCUT2D eigenvalue weighted by Gasteiger charge is 2.81. The van der Waals surface area contributed by atoms with Gasteiger partial charge in [0.1, 0.15) is 11.9 Å². The first kappa shape index (κ1) is 36.2. The Morgan fingerprint density at radius 3 is 2.29 bits per heavy atom. The van der Waals surface area contributed by atoms with Crippen LogP contribution in [0.15, 0.2) is 24.3 Å². The highest BCUT2D eigenvalue weighted by atomic mass is 16.6. The van der Waals surface area contributed by atoms with Gasteiger partial charge in [0.2, 0.25) is 0 Å². The Morgan fingerprint density at radius 2 is 1.67 bits per heavy atom. The lowest BCUT2D eigenvalue weighted by molar-refractivity contribution is -0.166. The summed E-state index contributed by atoms with van der Waals surface area (Å²) < 4.78 is 17.3. The normalized spacial score (nSPS) is 39.3. The van der Waals surface area contributed by atoms with Crippen molar-refractivity contribution in [2.24, 2.45) is 57.2 Å². The van der Waals surface area contributed by atoms with Crippen molar-refractivity contribution in [2.75, 3.05) is 6.61 Å². The fourth-order valence-corrected chi connectivity index (χ4v) is 11.5. The Labute approximate surface area is 285 Å². The predicted octanol–water partition coefficient (Wildman–Crippen LogP) is 6.16. The molecule has 5 rings (SSSR count). The van der Waals surface area contributed by atoms with E-state index in [0.29, 0.717) is 18.3 Å². The minimum Gasteiger partial charge on any atom is -0.465 e. The SMILES string of the molecule is C=C(C(=O)[C@H](OC(C)=O)[C@@H](C)[C@H]1[C@@H](OC(C)=O)C[C@@]2(C)[C@@H]3CC[C@H]4[C@H](C)C(=O)C=C[C@@]45C[C@@]35CC[C@]12C)[C@@H](C)COC(=O)CCC(C)=O. The first-order valence-electron chi connectivity index (χ1n) is 17.8. The molecule has 0 heterocycles. The molecule has 48 heavy (non-hydrogen) atoms. The van der Waals surface area contributed by atoms with Crippen molar-refractivity contribution in [1.82, 2.24) is 0 Å². The Kier molecular flexibility index (Phi) is 9.54. The van der Waals surface area contributed by atoms with Gasteiger partial charge in [0.15, 0.2) is 17.7 Å². The molecule has 5 aliphatic carbocycles. The van der Waals surface area contributed by atoms with Gasteiger partial charge >= 0.3 is 17.9 Å². The number of rotatable bonds is 12. The average molecular weight is 667 g/mol. The topological polar surface area (TPSA) is 130 Å². The van der Waals surface area contributed by atoms with E-state index in [0.717, 1.165) is 32.1 Å². The molecular weight excluding hydrogens is 612 g/mol. The number of ketones is 3. The zero-order chi connectivity index (χ0) is 35.6. The van der Waals surface area contributed by atoms with E-state index in [2.05, 4.69) is 33.4 Å². The smallest absolute Gasteiger partial charge is 0.306 e. The summed E-state index contributed by atoms with van der Waals surface area (Å²) in [4.78, 5) is 75.3. The monoisotopic (exact) mass is 666 g/mol. The summed E-state index contributed by atoms with van der Waals surface area (Å²) in [5, 5.41) is 0. The molecule has 0 aromatic rings. The van der Waals surface area contributed by atoms with Gasteiger partial charge in [0, 0.05) is 43.9 Å². The lowest BCUT2D eigenvalue weighted by Crippen LogP contribution is -2.56. The molecule has 0 N–H and O–H groups in total. The van der Waals surface area contributed by atoms with E-state index < -0.39 is 41.8 Å². The molecule has 0 radical (unpaired) electrons. The molecule has 0 aromatic heterocycles. The van der Waals surface area contributed by atoms with Gasteiger partial charge in [-0.25, -0.2) is 0 Å². The summed E-state index contributed by atoms with van der Waals surface area (Å²) in [5.74, 6) is -2.44. The zero-order valence-corrected chi connectivity index (χ0v) is 30.0. The van der Waals surface area contributed by atoms with Crippen molar-refractivity contribution in [3.05, 3.63) is 24.3 Å². The molecule has 5 aliphatic rings. The van der Waals surface area contributed by atoms with Crippen LogP contribution in [-0.4, -0.2) is 54.1 Å². The highest BCUT2D eigenvalue weighted by molar-refractivity contribution is 6.00. The fourth-order valence-electron chi connectivity index (χ4n) is 11.5. The molecule has 264 valence electrons. The maximum Gasteiger partial charge on any atom is 0.306 e. The second kappa shape index (κ2) is 12.7. The van der Waals surface area contributed by atoms with Gasteiger partial charge in [-0.2, -0.15) is 0 Å². The molecule has 0 amide bonds. The summed E-state index contributed by atoms with van der Waals surface area (Å²) in [6.45, 7) is 18.4. The van der Waals surface area contributed by atoms with Gasteiger partial charge in [-0.05, 0) is 90.6 Å². The Balaban J connectivity index is 1.43. The first-order chi connectivity index (χ1) is 22.3. The third-order valence-electron chi connectivity index (χ3n) is 14.0. The molecule has 0 bridgehead atoms. The van der Waals surface area contributed by atoms with Gasteiger partial charge in [-0.15, -0.1) is 0 Å². The number of carbonyl (C=O) groups excluding carboxylic acids is 6. The second-order valence-electron chi connectivity index (χ2n) is 16.4. The number of hydrogen-bond donors (Lipinski definition) is 0. The number of esters is 3. The van der Waals surface area contributed by atoms with Crippen molar-refractivity contribution in [1.29, 1.82) is 0 Å². The van der Waals surface area contributed by atoms with E-state index >= 15 is 0 Å². The molecule has 2 spiro atoms. The van der Waals surface area contributed by atoms with Gasteiger partial charge in [-0.3, -0.25) is 24.0 Å². The molecule has 4 fully saturated rings. The van der Waals surface area contributed by atoms with E-state index in [4.69, 9.17) is 14.2 Å². The minimum absolute atomic E-state index is 0.0247. The quantitative estimate of drug-likeness (QED) is 0.137. The summed E-state index contributed by atoms with van der Waals surface area (Å²) >= 11 is 0. The third-order valence-corrected chi connectivity index (χ3v) is 14.0. The molecule has 0 aromatic carbocycles. The average Bonchev–Trinajstić information content (AvgIpc) is 3.62. The number of carbonyl (C=O) groups is 6. The molecule has 0 unspecified atom stereocenters. The molecule has 0 saturated heterocycles. The molecule has 9 heteroatoms. The van der Waals surface area contributed by atoms with Gasteiger partial charge in [-0.1, -0.05) is 47.3 Å². The summed E-state index contributed by atoms with van der Waals surface area (Å²) in [6.07, 6.45) is 8.05. The van der Waals surface area contributed by atoms with Crippen LogP contribution in [0.3, 0.4) is 0 Å². The van der Waals surface area contributed by atoms with Crippen molar-refractivity contribution in [3.63, 3.8) is 0 Å². The van der Waals surface area contributed by atoms with Crippen LogP contribution in [0.25, 0.3) is 0 Å². The molecule has 12 atom stereocenters. The Bertz CT molecular complexity index is 1440. The molecule has 9 nitrogen and oxygen atoms in total. The van der Waals surface area contributed by atoms with Crippen LogP contribution < -0.4 is 0 Å². The maximum atomic E-state index is 14.1. The van der Waals surface area contributed by atoms with Crippen LogP contribution in [0.5, 0.6) is 0 Å². The molecule has 0 aliphatic heterocycles. The van der Waals surface area contributed by atoms with Crippen molar-refractivity contribution in [2.45, 2.75) is 119 Å². The minimum atomic E-state index is -1.17. The Hall–Kier alpha value is -3.10. The number of fused-ring (bicyclic) bond motifs is 2. The fraction of sp³-hybridized carbons (Fsp3) is 0.744. The van der Waals surface area contributed by atoms with E-state index in [-0.39, 0.29) is 76.1 Å². The molecule has 4 saturated carbocycles. The van der Waals surface area contributed by atoms with Gasteiger partial charge in [0.05, 0.1) is 13.0 Å². The van der Waals surface area contributed by atoms with Gasteiger partial charge < -0.3 is 19.0 Å². The summed E-state index contributed by atoms with van der Waals surface area (Å²) in [5.41, 5.74) is -0.244. The van der Waals surface area contributed by atoms with Crippen molar-refractivity contribution in [3.8, 4) is 0 Å². The number of allylic oxidation sites excluding steroid dienone is 2. The largest absolute Gasteiger partial charge is 0.465 e. The van der Waals surface area contributed by atoms with Crippen LogP contribution in [0.1, 0.15) is 107 Å². The van der Waals surface area contributed by atoms with E-state index in [1.807, 2.05) is 13.0 Å². The summed E-state index contributed by atoms with van der Waals surface area (Å²) in [7, 11) is 0. The van der Waals surface area contributed by atoms with Crippen LogP contribution in [0.2, 0.25) is 0 Å². The number of ether oxygens (including phenoxy) is 3. The van der Waals surface area contributed by atoms with E-state index in [1.54, 1.807) is 6.92 Å². The number of Topliss-reactive ketones (excluding diaryl/α,β-unsaturated/α-hetero) is 2. The van der Waals surface area contributed by atoms with E-state index in [9.17, 15) is 28.8 Å². The predicted molar refractivity (Wildman–Crippen MR) is 177 cm³/mol. The van der Waals surface area contributed by atoms with Crippen LogP contribution >= 0.6 is 0 Å². The summed E-state index contributed by atoms with van der Waals surface area (Å²) in [6, 6.07) is 0. The molecular formula is C39H54O9. The number of hydrogen-bond acceptors (Lipinski definition) is 9. The third kappa shape index (κ3) is 5.61. The van der Waals surface area contributed by atoms with Gasteiger partial charge in [0.25, 0.3) is 0 Å². The lowest BCUT2D eigenvalue weighted by Gasteiger charge is -2.61. The van der Waals surface area contributed by atoms with Crippen molar-refractivity contribution >= 4 is 35.3 Å². The maximum absolute atomic E-state index is 14.1. The first-order valence-corrected chi connectivity index (χ1v) is 17.8. The Morgan fingerprint density at radius 1 is 0.979 bits per heavy atom. The highest BCUT2D eigenvalue weighted by Crippen LogP contribution is 2.87. The van der Waals surface area contributed by atoms with Crippen LogP contribution in [0, 0.1) is 57.2 Å².